The van der Waals surface area contributed by atoms with E-state index in [0.717, 1.165) is 11.4 Å². The number of rotatable bonds is 3. The van der Waals surface area contributed by atoms with Gasteiger partial charge < -0.3 is 9.64 Å². The highest BCUT2D eigenvalue weighted by Crippen LogP contribution is 2.25. The van der Waals surface area contributed by atoms with E-state index in [0.29, 0.717) is 11.4 Å². The molecule has 0 unspecified atom stereocenters. The van der Waals surface area contributed by atoms with Crippen LogP contribution in [0.5, 0.6) is 11.5 Å². The van der Waals surface area contributed by atoms with E-state index >= 15 is 0 Å². The van der Waals surface area contributed by atoms with Crippen molar-refractivity contribution in [2.75, 3.05) is 19.0 Å². The minimum absolute atomic E-state index is 0.344. The van der Waals surface area contributed by atoms with Crippen LogP contribution in [0.2, 0.25) is 0 Å². The van der Waals surface area contributed by atoms with Crippen LogP contribution in [0, 0.1) is 11.3 Å². The number of hydrogen-bond donors (Lipinski definition) is 0. The molecule has 2 aromatic rings. The lowest BCUT2D eigenvalue weighted by Crippen LogP contribution is -2.08. The van der Waals surface area contributed by atoms with E-state index in [1.807, 2.05) is 49.3 Å². The highest BCUT2D eigenvalue weighted by molar-refractivity contribution is 5.50. The molecule has 90 valence electrons. The quantitative estimate of drug-likeness (QED) is 0.826. The Morgan fingerprint density at radius 1 is 1.17 bits per heavy atom. The van der Waals surface area contributed by atoms with E-state index in [9.17, 15) is 0 Å². The highest BCUT2D eigenvalue weighted by atomic mass is 16.5. The summed E-state index contributed by atoms with van der Waals surface area (Å²) in [6, 6.07) is 13.1. The first-order valence-corrected chi connectivity index (χ1v) is 5.50. The Morgan fingerprint density at radius 2 is 1.94 bits per heavy atom. The van der Waals surface area contributed by atoms with Gasteiger partial charge in [0.15, 0.2) is 0 Å². The van der Waals surface area contributed by atoms with Crippen LogP contribution in [0.25, 0.3) is 0 Å². The van der Waals surface area contributed by atoms with Crippen molar-refractivity contribution in [1.29, 1.82) is 5.26 Å². The summed E-state index contributed by atoms with van der Waals surface area (Å²) in [5, 5.41) is 8.77. The largest absolute Gasteiger partial charge is 0.457 e. The molecule has 1 aromatic carbocycles. The first-order chi connectivity index (χ1) is 8.69. The number of hydrogen-bond acceptors (Lipinski definition) is 4. The molecule has 2 rings (SSSR count). The maximum absolute atomic E-state index is 8.77. The molecule has 4 heteroatoms. The predicted molar refractivity (Wildman–Crippen MR) is 69.8 cm³/mol. The second-order valence-corrected chi connectivity index (χ2v) is 3.98. The maximum Gasteiger partial charge on any atom is 0.144 e. The van der Waals surface area contributed by atoms with E-state index in [2.05, 4.69) is 4.98 Å². The fourth-order valence-corrected chi connectivity index (χ4v) is 1.50. The second-order valence-electron chi connectivity index (χ2n) is 3.98. The minimum atomic E-state index is 0.344. The second kappa shape index (κ2) is 5.19. The molecule has 0 aliphatic carbocycles. The maximum atomic E-state index is 8.77. The van der Waals surface area contributed by atoms with Crippen molar-refractivity contribution < 1.29 is 4.74 Å². The van der Waals surface area contributed by atoms with Gasteiger partial charge >= 0.3 is 0 Å². The van der Waals surface area contributed by atoms with Crippen molar-refractivity contribution >= 4 is 5.69 Å². The van der Waals surface area contributed by atoms with Gasteiger partial charge in [-0.2, -0.15) is 5.26 Å². The van der Waals surface area contributed by atoms with E-state index in [4.69, 9.17) is 10.00 Å². The Labute approximate surface area is 106 Å². The summed E-state index contributed by atoms with van der Waals surface area (Å²) in [7, 11) is 3.94. The summed E-state index contributed by atoms with van der Waals surface area (Å²) in [4.78, 5) is 5.90. The molecular formula is C14H13N3O. The number of aromatic nitrogens is 1. The van der Waals surface area contributed by atoms with Gasteiger partial charge in [0, 0.05) is 38.1 Å². The van der Waals surface area contributed by atoms with Gasteiger partial charge in [0.2, 0.25) is 0 Å². The molecule has 0 aliphatic rings. The molecule has 0 fully saturated rings. The zero-order valence-corrected chi connectivity index (χ0v) is 10.3. The molecule has 4 nitrogen and oxygen atoms in total. The van der Waals surface area contributed by atoms with Crippen LogP contribution in [0.3, 0.4) is 0 Å². The average Bonchev–Trinajstić information content (AvgIpc) is 2.39. The fraction of sp³-hybridized carbons (Fsp3) is 0.143. The monoisotopic (exact) mass is 239 g/mol. The van der Waals surface area contributed by atoms with E-state index in [-0.39, 0.29) is 0 Å². The minimum Gasteiger partial charge on any atom is -0.457 e. The Bertz CT molecular complexity index is 588. The van der Waals surface area contributed by atoms with E-state index < -0.39 is 0 Å². The molecule has 0 saturated heterocycles. The Kier molecular flexibility index (Phi) is 3.44. The molecule has 0 saturated carbocycles. The van der Waals surface area contributed by atoms with Gasteiger partial charge in [-0.25, -0.2) is 4.98 Å². The van der Waals surface area contributed by atoms with Gasteiger partial charge in [-0.1, -0.05) is 6.07 Å². The van der Waals surface area contributed by atoms with E-state index in [1.165, 1.54) is 0 Å². The van der Waals surface area contributed by atoms with E-state index in [1.54, 1.807) is 18.3 Å². The average molecular weight is 239 g/mol. The molecule has 0 aliphatic heterocycles. The van der Waals surface area contributed by atoms with Gasteiger partial charge in [0.1, 0.15) is 23.3 Å². The SMILES string of the molecule is CN(C)c1cccc(Oc2ccnc(C#N)c2)c1. The summed E-state index contributed by atoms with van der Waals surface area (Å²) >= 11 is 0. The van der Waals surface area contributed by atoms with Crippen molar-refractivity contribution in [3.05, 3.63) is 48.3 Å². The third kappa shape index (κ3) is 2.77. The summed E-state index contributed by atoms with van der Waals surface area (Å²) in [6.45, 7) is 0. The summed E-state index contributed by atoms with van der Waals surface area (Å²) in [5.41, 5.74) is 1.40. The van der Waals surface area contributed by atoms with Crippen molar-refractivity contribution in [1.82, 2.24) is 4.98 Å². The molecular weight excluding hydrogens is 226 g/mol. The topological polar surface area (TPSA) is 49.1 Å². The molecule has 1 aromatic heterocycles. The first-order valence-electron chi connectivity index (χ1n) is 5.50. The smallest absolute Gasteiger partial charge is 0.144 e. The lowest BCUT2D eigenvalue weighted by atomic mass is 10.3. The molecule has 0 amide bonds. The number of pyridine rings is 1. The molecule has 0 bridgehead atoms. The summed E-state index contributed by atoms with van der Waals surface area (Å²) < 4.78 is 5.69. The van der Waals surface area contributed by atoms with Crippen LogP contribution >= 0.6 is 0 Å². The van der Waals surface area contributed by atoms with Crippen LogP contribution in [0.1, 0.15) is 5.69 Å². The molecule has 1 heterocycles. The number of nitriles is 1. The molecule has 0 N–H and O–H groups in total. The Balaban J connectivity index is 2.23. The number of nitrogens with zero attached hydrogens (tertiary/aromatic N) is 3. The number of ether oxygens (including phenoxy) is 1. The number of anilines is 1. The molecule has 0 spiro atoms. The summed E-state index contributed by atoms with van der Waals surface area (Å²) in [5.74, 6) is 1.34. The van der Waals surface area contributed by atoms with Crippen LogP contribution in [0.15, 0.2) is 42.6 Å². The fourth-order valence-electron chi connectivity index (χ4n) is 1.50. The summed E-state index contributed by atoms with van der Waals surface area (Å²) in [6.07, 6.45) is 1.56. The normalized spacial score (nSPS) is 9.61. The third-order valence-corrected chi connectivity index (χ3v) is 2.42. The predicted octanol–water partition coefficient (Wildman–Crippen LogP) is 2.81. The molecule has 0 atom stereocenters. The van der Waals surface area contributed by atoms with Gasteiger partial charge in [-0.3, -0.25) is 0 Å². The number of benzene rings is 1. The lowest BCUT2D eigenvalue weighted by Gasteiger charge is -2.13. The zero-order chi connectivity index (χ0) is 13.0. The van der Waals surface area contributed by atoms with Crippen molar-refractivity contribution in [3.63, 3.8) is 0 Å². The van der Waals surface area contributed by atoms with Crippen molar-refractivity contribution in [2.24, 2.45) is 0 Å². The standard InChI is InChI=1S/C14H13N3O/c1-17(2)12-4-3-5-13(9-12)18-14-6-7-16-11(8-14)10-15/h3-9H,1-2H3. The zero-order valence-electron chi connectivity index (χ0n) is 10.3. The molecule has 0 radical (unpaired) electrons. The first kappa shape index (κ1) is 11.9. The van der Waals surface area contributed by atoms with Crippen molar-refractivity contribution in [2.45, 2.75) is 0 Å². The molecule has 18 heavy (non-hydrogen) atoms. The Hall–Kier alpha value is -2.54. The van der Waals surface area contributed by atoms with Gasteiger partial charge in [-0.05, 0) is 18.2 Å². The Morgan fingerprint density at radius 3 is 2.67 bits per heavy atom. The van der Waals surface area contributed by atoms with Gasteiger partial charge in [0.05, 0.1) is 0 Å². The van der Waals surface area contributed by atoms with Crippen LogP contribution < -0.4 is 9.64 Å². The van der Waals surface area contributed by atoms with Gasteiger partial charge in [-0.15, -0.1) is 0 Å². The lowest BCUT2D eigenvalue weighted by molar-refractivity contribution is 0.482. The van der Waals surface area contributed by atoms with Crippen LogP contribution in [0.4, 0.5) is 5.69 Å². The van der Waals surface area contributed by atoms with Crippen LogP contribution in [-0.2, 0) is 0 Å². The van der Waals surface area contributed by atoms with Crippen molar-refractivity contribution in [3.8, 4) is 17.6 Å². The van der Waals surface area contributed by atoms with Crippen LogP contribution in [-0.4, -0.2) is 19.1 Å². The van der Waals surface area contributed by atoms with Gasteiger partial charge in [0.25, 0.3) is 0 Å². The third-order valence-electron chi connectivity index (χ3n) is 2.42. The highest BCUT2D eigenvalue weighted by Gasteiger charge is 2.01.